The Labute approximate surface area is 126 Å². The largest absolute Gasteiger partial charge is 0.423 e. The lowest BCUT2D eigenvalue weighted by Gasteiger charge is -2.12. The molecule has 3 aromatic heterocycles. The van der Waals surface area contributed by atoms with Crippen molar-refractivity contribution in [3.05, 3.63) is 58.0 Å². The Morgan fingerprint density at radius 2 is 2.14 bits per heavy atom. The average molecular weight is 297 g/mol. The van der Waals surface area contributed by atoms with Crippen LogP contribution in [0.25, 0.3) is 11.0 Å². The summed E-state index contributed by atoms with van der Waals surface area (Å²) in [4.78, 5) is 24.0. The van der Waals surface area contributed by atoms with Crippen molar-refractivity contribution in [2.75, 3.05) is 5.32 Å². The van der Waals surface area contributed by atoms with Crippen LogP contribution < -0.4 is 10.9 Å². The van der Waals surface area contributed by atoms with Gasteiger partial charge in [-0.1, -0.05) is 0 Å². The van der Waals surface area contributed by atoms with Crippen LogP contribution in [0.1, 0.15) is 16.8 Å². The standard InChI is InChI=1S/C15H15N5O2/c1-9-3-4-16-6-11(9)7-17-12-5-13(21)20(22)15-14(12)10(2)18-8-19-15/h3-6,8,17,22H,7H2,1-2H3. The average Bonchev–Trinajstić information content (AvgIpc) is 2.51. The van der Waals surface area contributed by atoms with Crippen LogP contribution in [-0.4, -0.2) is 24.9 Å². The maximum Gasteiger partial charge on any atom is 0.286 e. The summed E-state index contributed by atoms with van der Waals surface area (Å²) in [5, 5.41) is 13.6. The molecule has 7 heteroatoms. The topological polar surface area (TPSA) is 92.9 Å². The molecule has 112 valence electrons. The molecule has 0 fully saturated rings. The number of hydrogen-bond donors (Lipinski definition) is 2. The first-order valence-corrected chi connectivity index (χ1v) is 6.78. The van der Waals surface area contributed by atoms with Crippen LogP contribution in [0.4, 0.5) is 5.69 Å². The zero-order valence-corrected chi connectivity index (χ0v) is 12.2. The van der Waals surface area contributed by atoms with Gasteiger partial charge in [-0.25, -0.2) is 9.97 Å². The van der Waals surface area contributed by atoms with Gasteiger partial charge in [0.1, 0.15) is 6.33 Å². The molecule has 0 bridgehead atoms. The molecule has 0 saturated carbocycles. The maximum atomic E-state index is 11.8. The fourth-order valence-electron chi connectivity index (χ4n) is 2.31. The third-order valence-electron chi connectivity index (χ3n) is 3.58. The molecule has 22 heavy (non-hydrogen) atoms. The predicted molar refractivity (Wildman–Crippen MR) is 82.0 cm³/mol. The highest BCUT2D eigenvalue weighted by Gasteiger charge is 2.12. The van der Waals surface area contributed by atoms with Gasteiger partial charge in [0.2, 0.25) is 0 Å². The molecule has 0 saturated heterocycles. The number of fused-ring (bicyclic) bond motifs is 1. The smallest absolute Gasteiger partial charge is 0.286 e. The van der Waals surface area contributed by atoms with Crippen LogP contribution in [0, 0.1) is 13.8 Å². The number of nitrogens with zero attached hydrogens (tertiary/aromatic N) is 4. The Hall–Kier alpha value is -2.96. The number of hydrogen-bond acceptors (Lipinski definition) is 6. The van der Waals surface area contributed by atoms with E-state index in [-0.39, 0.29) is 5.65 Å². The molecule has 3 heterocycles. The van der Waals surface area contributed by atoms with Crippen LogP contribution >= 0.6 is 0 Å². The highest BCUT2D eigenvalue weighted by atomic mass is 16.5. The third kappa shape index (κ3) is 2.37. The summed E-state index contributed by atoms with van der Waals surface area (Å²) in [6.07, 6.45) is 4.83. The molecular weight excluding hydrogens is 282 g/mol. The van der Waals surface area contributed by atoms with Crippen molar-refractivity contribution < 1.29 is 5.21 Å². The van der Waals surface area contributed by atoms with Gasteiger partial charge in [-0.05, 0) is 31.0 Å². The van der Waals surface area contributed by atoms with E-state index in [0.29, 0.717) is 28.0 Å². The molecule has 0 aliphatic heterocycles. The van der Waals surface area contributed by atoms with E-state index in [1.54, 1.807) is 19.3 Å². The first-order valence-electron chi connectivity index (χ1n) is 6.78. The van der Waals surface area contributed by atoms with Gasteiger partial charge < -0.3 is 10.5 Å². The molecule has 0 spiro atoms. The number of aromatic nitrogens is 4. The van der Waals surface area contributed by atoms with Gasteiger partial charge in [-0.3, -0.25) is 9.78 Å². The molecule has 0 radical (unpaired) electrons. The van der Waals surface area contributed by atoms with Crippen LogP contribution in [0.15, 0.2) is 35.6 Å². The lowest BCUT2D eigenvalue weighted by Crippen LogP contribution is -2.20. The highest BCUT2D eigenvalue weighted by molar-refractivity contribution is 5.90. The Morgan fingerprint density at radius 3 is 2.91 bits per heavy atom. The lowest BCUT2D eigenvalue weighted by atomic mass is 10.1. The summed E-state index contributed by atoms with van der Waals surface area (Å²) in [5.41, 5.74) is 3.04. The Balaban J connectivity index is 2.06. The van der Waals surface area contributed by atoms with Crippen LogP contribution in [0.2, 0.25) is 0 Å². The molecule has 0 atom stereocenters. The van der Waals surface area contributed by atoms with Gasteiger partial charge >= 0.3 is 0 Å². The zero-order chi connectivity index (χ0) is 15.7. The SMILES string of the molecule is Cc1ccncc1CNc1cc(=O)n(O)c2ncnc(C)c12. The molecule has 7 nitrogen and oxygen atoms in total. The monoisotopic (exact) mass is 297 g/mol. The lowest BCUT2D eigenvalue weighted by molar-refractivity contribution is 0.186. The molecule has 0 unspecified atom stereocenters. The van der Waals surface area contributed by atoms with E-state index >= 15 is 0 Å². The Morgan fingerprint density at radius 1 is 1.32 bits per heavy atom. The fraction of sp³-hybridized carbons (Fsp3) is 0.200. The molecule has 2 N–H and O–H groups in total. The minimum Gasteiger partial charge on any atom is -0.423 e. The Kier molecular flexibility index (Phi) is 3.46. The quantitative estimate of drug-likeness (QED) is 0.714. The van der Waals surface area contributed by atoms with E-state index in [1.165, 1.54) is 12.4 Å². The highest BCUT2D eigenvalue weighted by Crippen LogP contribution is 2.22. The van der Waals surface area contributed by atoms with E-state index in [2.05, 4.69) is 20.3 Å². The van der Waals surface area contributed by atoms with Crippen molar-refractivity contribution >= 4 is 16.7 Å². The molecule has 0 aromatic carbocycles. The van der Waals surface area contributed by atoms with Gasteiger partial charge in [-0.2, -0.15) is 0 Å². The summed E-state index contributed by atoms with van der Waals surface area (Å²) in [5.74, 6) is 0. The van der Waals surface area contributed by atoms with Crippen molar-refractivity contribution in [2.24, 2.45) is 0 Å². The number of pyridine rings is 2. The molecule has 3 rings (SSSR count). The van der Waals surface area contributed by atoms with Crippen LogP contribution in [0.5, 0.6) is 0 Å². The first-order chi connectivity index (χ1) is 10.6. The molecule has 0 aliphatic rings. The van der Waals surface area contributed by atoms with Gasteiger partial charge in [0.05, 0.1) is 16.8 Å². The number of anilines is 1. The van der Waals surface area contributed by atoms with E-state index in [4.69, 9.17) is 0 Å². The predicted octanol–water partition coefficient (Wildman–Crippen LogP) is 1.65. The molecule has 0 amide bonds. The molecule has 3 aromatic rings. The summed E-state index contributed by atoms with van der Waals surface area (Å²) in [6, 6.07) is 3.26. The summed E-state index contributed by atoms with van der Waals surface area (Å²) >= 11 is 0. The van der Waals surface area contributed by atoms with Gasteiger partial charge in [-0.15, -0.1) is 4.73 Å². The van der Waals surface area contributed by atoms with E-state index in [1.807, 2.05) is 13.0 Å². The van der Waals surface area contributed by atoms with E-state index in [0.717, 1.165) is 11.1 Å². The van der Waals surface area contributed by atoms with E-state index < -0.39 is 5.56 Å². The van der Waals surface area contributed by atoms with Gasteiger partial charge in [0, 0.05) is 25.0 Å². The van der Waals surface area contributed by atoms with Crippen molar-refractivity contribution in [3.63, 3.8) is 0 Å². The number of rotatable bonds is 3. The van der Waals surface area contributed by atoms with Crippen molar-refractivity contribution in [1.82, 2.24) is 19.7 Å². The number of nitrogens with one attached hydrogen (secondary N) is 1. The molecule has 0 aliphatic carbocycles. The van der Waals surface area contributed by atoms with Crippen LogP contribution in [-0.2, 0) is 6.54 Å². The first kappa shape index (κ1) is 14.0. The fourth-order valence-corrected chi connectivity index (χ4v) is 2.31. The minimum absolute atomic E-state index is 0.186. The van der Waals surface area contributed by atoms with Gasteiger partial charge in [0.15, 0.2) is 5.65 Å². The van der Waals surface area contributed by atoms with Crippen molar-refractivity contribution in [2.45, 2.75) is 20.4 Å². The molecular formula is C15H15N5O2. The number of aryl methyl sites for hydroxylation is 2. The third-order valence-corrected chi connectivity index (χ3v) is 3.58. The maximum absolute atomic E-state index is 11.8. The van der Waals surface area contributed by atoms with Crippen LogP contribution in [0.3, 0.4) is 0 Å². The van der Waals surface area contributed by atoms with Gasteiger partial charge in [0.25, 0.3) is 5.56 Å². The van der Waals surface area contributed by atoms with Crippen molar-refractivity contribution in [3.8, 4) is 0 Å². The van der Waals surface area contributed by atoms with Crippen molar-refractivity contribution in [1.29, 1.82) is 0 Å². The Bertz CT molecular complexity index is 904. The zero-order valence-electron chi connectivity index (χ0n) is 12.2. The summed E-state index contributed by atoms with van der Waals surface area (Å²) in [7, 11) is 0. The normalized spacial score (nSPS) is 10.8. The minimum atomic E-state index is -0.545. The second-order valence-electron chi connectivity index (χ2n) is 5.02. The second kappa shape index (κ2) is 5.44. The second-order valence-corrected chi connectivity index (χ2v) is 5.02. The van der Waals surface area contributed by atoms with E-state index in [9.17, 15) is 10.0 Å². The summed E-state index contributed by atoms with van der Waals surface area (Å²) in [6.45, 7) is 4.31. The summed E-state index contributed by atoms with van der Waals surface area (Å²) < 4.78 is 0.532.